The number of aromatic nitrogens is 2. The molecule has 1 saturated heterocycles. The number of rotatable bonds is 7. The second-order valence-electron chi connectivity index (χ2n) is 6.51. The lowest BCUT2D eigenvalue weighted by Crippen LogP contribution is -2.40. The van der Waals surface area contributed by atoms with E-state index in [1.807, 2.05) is 29.8 Å². The van der Waals surface area contributed by atoms with Gasteiger partial charge in [-0.3, -0.25) is 5.10 Å². The summed E-state index contributed by atoms with van der Waals surface area (Å²) < 4.78 is 32.0. The number of benzene rings is 1. The quantitative estimate of drug-likeness (QED) is 0.615. The normalized spacial score (nSPS) is 15.7. The Bertz CT molecular complexity index is 992. The van der Waals surface area contributed by atoms with Gasteiger partial charge in [-0.05, 0) is 29.1 Å². The molecule has 0 bridgehead atoms. The summed E-state index contributed by atoms with van der Waals surface area (Å²) in [6.07, 6.45) is 1.83. The molecule has 0 atom stereocenters. The van der Waals surface area contributed by atoms with Crippen LogP contribution in [0, 0.1) is 0 Å². The topological polar surface area (TPSA) is 87.3 Å². The van der Waals surface area contributed by atoms with Crippen LogP contribution in [0.2, 0.25) is 0 Å². The third kappa shape index (κ3) is 4.18. The number of aromatic amines is 1. The first kappa shape index (κ1) is 19.3. The van der Waals surface area contributed by atoms with Crippen molar-refractivity contribution in [2.75, 3.05) is 26.3 Å². The zero-order valence-electron chi connectivity index (χ0n) is 15.3. The van der Waals surface area contributed by atoms with Crippen LogP contribution < -0.4 is 5.32 Å². The molecule has 9 heteroatoms. The van der Waals surface area contributed by atoms with E-state index in [0.29, 0.717) is 44.3 Å². The third-order valence-electron chi connectivity index (χ3n) is 4.66. The van der Waals surface area contributed by atoms with Crippen molar-refractivity contribution in [1.29, 1.82) is 0 Å². The van der Waals surface area contributed by atoms with E-state index in [-0.39, 0.29) is 0 Å². The predicted octanol–water partition coefficient (Wildman–Crippen LogP) is 2.45. The maximum Gasteiger partial charge on any atom is 0.243 e. The SMILES string of the molecule is O=S(=O)(c1ccc(CNCc2cn[nH]c2-c2cccs2)cc1)N1CCOCC1. The zero-order chi connectivity index (χ0) is 19.4. The maximum absolute atomic E-state index is 12.7. The van der Waals surface area contributed by atoms with Gasteiger partial charge in [0, 0.05) is 31.7 Å². The fraction of sp³-hybridized carbons (Fsp3) is 0.316. The highest BCUT2D eigenvalue weighted by molar-refractivity contribution is 7.89. The van der Waals surface area contributed by atoms with Gasteiger partial charge in [0.05, 0.1) is 34.9 Å². The summed E-state index contributed by atoms with van der Waals surface area (Å²) in [6, 6.07) is 11.2. The Labute approximate surface area is 168 Å². The molecular weight excluding hydrogens is 396 g/mol. The van der Waals surface area contributed by atoms with Gasteiger partial charge in [-0.2, -0.15) is 9.40 Å². The molecule has 0 amide bonds. The molecule has 1 aromatic carbocycles. The van der Waals surface area contributed by atoms with E-state index in [9.17, 15) is 8.42 Å². The first-order valence-corrected chi connectivity index (χ1v) is 11.4. The monoisotopic (exact) mass is 418 g/mol. The van der Waals surface area contributed by atoms with Gasteiger partial charge < -0.3 is 10.1 Å². The lowest BCUT2D eigenvalue weighted by Gasteiger charge is -2.26. The van der Waals surface area contributed by atoms with E-state index in [1.54, 1.807) is 23.5 Å². The van der Waals surface area contributed by atoms with E-state index in [4.69, 9.17) is 4.74 Å². The molecule has 1 aliphatic rings. The Balaban J connectivity index is 1.36. The largest absolute Gasteiger partial charge is 0.379 e. The van der Waals surface area contributed by atoms with Gasteiger partial charge in [-0.25, -0.2) is 8.42 Å². The first-order chi connectivity index (χ1) is 13.6. The van der Waals surface area contributed by atoms with E-state index >= 15 is 0 Å². The summed E-state index contributed by atoms with van der Waals surface area (Å²) >= 11 is 1.67. The molecule has 3 heterocycles. The van der Waals surface area contributed by atoms with E-state index in [1.165, 1.54) is 4.31 Å². The Kier molecular flexibility index (Phi) is 5.88. The highest BCUT2D eigenvalue weighted by Gasteiger charge is 2.26. The van der Waals surface area contributed by atoms with Crippen LogP contribution in [0.15, 0.2) is 52.9 Å². The molecule has 0 radical (unpaired) electrons. The predicted molar refractivity (Wildman–Crippen MR) is 108 cm³/mol. The highest BCUT2D eigenvalue weighted by atomic mass is 32.2. The number of thiophene rings is 1. The van der Waals surface area contributed by atoms with Crippen molar-refractivity contribution in [3.63, 3.8) is 0 Å². The van der Waals surface area contributed by atoms with Crippen molar-refractivity contribution < 1.29 is 13.2 Å². The van der Waals surface area contributed by atoms with Gasteiger partial charge in [-0.1, -0.05) is 18.2 Å². The molecule has 4 rings (SSSR count). The zero-order valence-corrected chi connectivity index (χ0v) is 16.9. The number of hydrogen-bond donors (Lipinski definition) is 2. The van der Waals surface area contributed by atoms with Crippen molar-refractivity contribution in [1.82, 2.24) is 19.8 Å². The van der Waals surface area contributed by atoms with Gasteiger partial charge in [0.25, 0.3) is 0 Å². The van der Waals surface area contributed by atoms with Gasteiger partial charge in [0.2, 0.25) is 10.0 Å². The number of morpholine rings is 1. The summed E-state index contributed by atoms with van der Waals surface area (Å²) in [5, 5.41) is 12.6. The molecule has 1 aliphatic heterocycles. The van der Waals surface area contributed by atoms with Crippen molar-refractivity contribution in [3.05, 3.63) is 59.1 Å². The second kappa shape index (κ2) is 8.54. The third-order valence-corrected chi connectivity index (χ3v) is 7.46. The maximum atomic E-state index is 12.7. The molecule has 3 aromatic rings. The average molecular weight is 419 g/mol. The van der Waals surface area contributed by atoms with Crippen molar-refractivity contribution in [3.8, 4) is 10.6 Å². The van der Waals surface area contributed by atoms with Crippen LogP contribution in [0.4, 0.5) is 0 Å². The summed E-state index contributed by atoms with van der Waals surface area (Å²) in [5.74, 6) is 0. The van der Waals surface area contributed by atoms with Crippen LogP contribution in [-0.4, -0.2) is 49.2 Å². The van der Waals surface area contributed by atoms with Crippen LogP contribution in [0.25, 0.3) is 10.6 Å². The Morgan fingerprint density at radius 1 is 1.14 bits per heavy atom. The van der Waals surface area contributed by atoms with Crippen molar-refractivity contribution in [2.45, 2.75) is 18.0 Å². The minimum Gasteiger partial charge on any atom is -0.379 e. The second-order valence-corrected chi connectivity index (χ2v) is 9.40. The summed E-state index contributed by atoms with van der Waals surface area (Å²) in [6.45, 7) is 3.03. The van der Waals surface area contributed by atoms with Gasteiger partial charge in [-0.15, -0.1) is 11.3 Å². The summed E-state index contributed by atoms with van der Waals surface area (Å²) in [4.78, 5) is 1.49. The Morgan fingerprint density at radius 2 is 1.93 bits per heavy atom. The average Bonchev–Trinajstić information content (AvgIpc) is 3.41. The highest BCUT2D eigenvalue weighted by Crippen LogP contribution is 2.25. The molecule has 0 unspecified atom stereocenters. The van der Waals surface area contributed by atoms with Crippen LogP contribution in [-0.2, 0) is 27.8 Å². The lowest BCUT2D eigenvalue weighted by atomic mass is 10.2. The summed E-state index contributed by atoms with van der Waals surface area (Å²) in [7, 11) is -3.44. The standard InChI is InChI=1S/C19H22N4O3S2/c24-28(25,23-7-9-26-10-8-23)17-5-3-15(4-6-17)12-20-13-16-14-21-22-19(16)18-2-1-11-27-18/h1-6,11,14,20H,7-10,12-13H2,(H,21,22). The van der Waals surface area contributed by atoms with Gasteiger partial charge in [0.1, 0.15) is 0 Å². The molecular formula is C19H22N4O3S2. The number of H-pyrrole nitrogens is 1. The molecule has 28 heavy (non-hydrogen) atoms. The molecule has 1 fully saturated rings. The fourth-order valence-electron chi connectivity index (χ4n) is 3.14. The van der Waals surface area contributed by atoms with Crippen LogP contribution >= 0.6 is 11.3 Å². The van der Waals surface area contributed by atoms with E-state index < -0.39 is 10.0 Å². The number of hydrogen-bond acceptors (Lipinski definition) is 6. The molecule has 2 aromatic heterocycles. The van der Waals surface area contributed by atoms with E-state index in [2.05, 4.69) is 21.6 Å². The molecule has 2 N–H and O–H groups in total. The van der Waals surface area contributed by atoms with Gasteiger partial charge >= 0.3 is 0 Å². The summed E-state index contributed by atoms with van der Waals surface area (Å²) in [5.41, 5.74) is 3.17. The Hall–Kier alpha value is -2.04. The van der Waals surface area contributed by atoms with Crippen molar-refractivity contribution >= 4 is 21.4 Å². The van der Waals surface area contributed by atoms with Crippen LogP contribution in [0.5, 0.6) is 0 Å². The molecule has 0 aliphatic carbocycles. The minimum absolute atomic E-state index is 0.327. The number of nitrogens with zero attached hydrogens (tertiary/aromatic N) is 2. The smallest absolute Gasteiger partial charge is 0.243 e. The molecule has 0 saturated carbocycles. The number of sulfonamides is 1. The lowest BCUT2D eigenvalue weighted by molar-refractivity contribution is 0.0730. The van der Waals surface area contributed by atoms with E-state index in [0.717, 1.165) is 21.7 Å². The molecule has 0 spiro atoms. The fourth-order valence-corrected chi connectivity index (χ4v) is 5.30. The Morgan fingerprint density at radius 3 is 2.64 bits per heavy atom. The number of ether oxygens (including phenoxy) is 1. The first-order valence-electron chi connectivity index (χ1n) is 9.08. The van der Waals surface area contributed by atoms with Gasteiger partial charge in [0.15, 0.2) is 0 Å². The number of nitrogens with one attached hydrogen (secondary N) is 2. The van der Waals surface area contributed by atoms with Crippen LogP contribution in [0.3, 0.4) is 0 Å². The van der Waals surface area contributed by atoms with Crippen molar-refractivity contribution in [2.24, 2.45) is 0 Å². The molecule has 148 valence electrons. The minimum atomic E-state index is -3.44. The van der Waals surface area contributed by atoms with Crippen LogP contribution in [0.1, 0.15) is 11.1 Å². The molecule has 7 nitrogen and oxygen atoms in total.